The predicted molar refractivity (Wildman–Crippen MR) is 77.6 cm³/mol. The summed E-state index contributed by atoms with van der Waals surface area (Å²) in [6.45, 7) is 3.91. The highest BCUT2D eigenvalue weighted by Crippen LogP contribution is 2.23. The first kappa shape index (κ1) is 14.7. The fourth-order valence-electron chi connectivity index (χ4n) is 1.31. The second kappa shape index (κ2) is 6.53. The Kier molecular flexibility index (Phi) is 5.32. The lowest BCUT2D eigenvalue weighted by molar-refractivity contribution is -0.384. The van der Waals surface area contributed by atoms with Gasteiger partial charge < -0.3 is 10.6 Å². The largest absolute Gasteiger partial charge is 0.375 e. The molecule has 0 aromatic heterocycles. The van der Waals surface area contributed by atoms with Crippen LogP contribution >= 0.6 is 22.6 Å². The van der Waals surface area contributed by atoms with Crippen LogP contribution in [-0.4, -0.2) is 23.4 Å². The number of nitrogens with one attached hydrogen (secondary N) is 2. The number of anilines is 1. The van der Waals surface area contributed by atoms with Crippen molar-refractivity contribution >= 4 is 39.9 Å². The Morgan fingerprint density at radius 2 is 2.17 bits per heavy atom. The summed E-state index contributed by atoms with van der Waals surface area (Å²) in [5, 5.41) is 16.3. The van der Waals surface area contributed by atoms with Crippen molar-refractivity contribution in [3.63, 3.8) is 0 Å². The van der Waals surface area contributed by atoms with Crippen molar-refractivity contribution in [2.24, 2.45) is 0 Å². The smallest absolute Gasteiger partial charge is 0.270 e. The van der Waals surface area contributed by atoms with E-state index in [0.29, 0.717) is 9.26 Å². The zero-order valence-electron chi connectivity index (χ0n) is 10.1. The number of carbonyl (C=O) groups is 1. The first-order valence-electron chi connectivity index (χ1n) is 5.37. The standard InChI is InChI=1S/C11H14IN3O3/c1-7(2)14-11(16)6-13-10-4-3-8(15(17)18)5-9(10)12/h3-5,7,13H,6H2,1-2H3,(H,14,16). The molecule has 0 saturated carbocycles. The number of amides is 1. The van der Waals surface area contributed by atoms with Crippen molar-refractivity contribution in [3.8, 4) is 0 Å². The highest BCUT2D eigenvalue weighted by molar-refractivity contribution is 14.1. The molecule has 18 heavy (non-hydrogen) atoms. The van der Waals surface area contributed by atoms with Gasteiger partial charge >= 0.3 is 0 Å². The van der Waals surface area contributed by atoms with E-state index >= 15 is 0 Å². The molecule has 0 radical (unpaired) electrons. The van der Waals surface area contributed by atoms with Crippen LogP contribution in [-0.2, 0) is 4.79 Å². The average molecular weight is 363 g/mol. The number of benzene rings is 1. The number of nitro groups is 1. The van der Waals surface area contributed by atoms with Crippen molar-refractivity contribution < 1.29 is 9.72 Å². The second-order valence-electron chi connectivity index (χ2n) is 4.00. The third kappa shape index (κ3) is 4.47. The van der Waals surface area contributed by atoms with E-state index in [1.807, 2.05) is 36.4 Å². The molecule has 1 aromatic rings. The van der Waals surface area contributed by atoms with Gasteiger partial charge in [-0.2, -0.15) is 0 Å². The molecule has 0 atom stereocenters. The first-order chi connectivity index (χ1) is 8.40. The fourth-order valence-corrected chi connectivity index (χ4v) is 2.00. The van der Waals surface area contributed by atoms with Crippen LogP contribution in [0.3, 0.4) is 0 Å². The number of hydrogen-bond acceptors (Lipinski definition) is 4. The van der Waals surface area contributed by atoms with Crippen molar-refractivity contribution in [2.45, 2.75) is 19.9 Å². The number of nitrogens with zero attached hydrogens (tertiary/aromatic N) is 1. The van der Waals surface area contributed by atoms with Crippen molar-refractivity contribution in [3.05, 3.63) is 31.9 Å². The number of non-ortho nitro benzene ring substituents is 1. The maximum atomic E-state index is 11.4. The van der Waals surface area contributed by atoms with E-state index < -0.39 is 4.92 Å². The Balaban J connectivity index is 2.63. The van der Waals surface area contributed by atoms with E-state index in [0.717, 1.165) is 0 Å². The molecule has 6 nitrogen and oxygen atoms in total. The minimum Gasteiger partial charge on any atom is -0.375 e. The van der Waals surface area contributed by atoms with Gasteiger partial charge in [0.2, 0.25) is 5.91 Å². The highest BCUT2D eigenvalue weighted by atomic mass is 127. The van der Waals surface area contributed by atoms with Gasteiger partial charge in [0.1, 0.15) is 0 Å². The molecule has 0 aliphatic rings. The first-order valence-corrected chi connectivity index (χ1v) is 6.45. The minimum absolute atomic E-state index is 0.0385. The van der Waals surface area contributed by atoms with Crippen LogP contribution in [0, 0.1) is 13.7 Å². The molecule has 0 aliphatic heterocycles. The monoisotopic (exact) mass is 363 g/mol. The van der Waals surface area contributed by atoms with Gasteiger partial charge in [0.05, 0.1) is 11.5 Å². The maximum absolute atomic E-state index is 11.4. The Bertz CT molecular complexity index is 463. The molecule has 0 heterocycles. The maximum Gasteiger partial charge on any atom is 0.270 e. The molecule has 2 N–H and O–H groups in total. The van der Waals surface area contributed by atoms with Gasteiger partial charge in [-0.25, -0.2) is 0 Å². The number of hydrogen-bond donors (Lipinski definition) is 2. The summed E-state index contributed by atoms with van der Waals surface area (Å²) in [4.78, 5) is 21.6. The molecular formula is C11H14IN3O3. The Morgan fingerprint density at radius 3 is 2.67 bits per heavy atom. The molecule has 1 rings (SSSR count). The van der Waals surface area contributed by atoms with Crippen LogP contribution in [0.25, 0.3) is 0 Å². The summed E-state index contributed by atoms with van der Waals surface area (Å²) < 4.78 is 0.708. The number of carbonyl (C=O) groups excluding carboxylic acids is 1. The molecule has 1 aromatic carbocycles. The Labute approximate surface area is 118 Å². The summed E-state index contributed by atoms with van der Waals surface area (Å²) in [5.41, 5.74) is 0.747. The number of nitro benzene ring substituents is 1. The van der Waals surface area contributed by atoms with Gasteiger partial charge in [-0.1, -0.05) is 0 Å². The minimum atomic E-state index is -0.447. The quantitative estimate of drug-likeness (QED) is 0.477. The molecule has 0 spiro atoms. The zero-order chi connectivity index (χ0) is 13.7. The van der Waals surface area contributed by atoms with Crippen LogP contribution in [0.15, 0.2) is 18.2 Å². The van der Waals surface area contributed by atoms with Crippen molar-refractivity contribution in [1.82, 2.24) is 5.32 Å². The molecule has 7 heteroatoms. The molecule has 98 valence electrons. The summed E-state index contributed by atoms with van der Waals surface area (Å²) in [5.74, 6) is -0.112. The van der Waals surface area contributed by atoms with E-state index in [-0.39, 0.29) is 24.2 Å². The normalized spacial score (nSPS) is 10.2. The number of rotatable bonds is 5. The van der Waals surface area contributed by atoms with Crippen LogP contribution in [0.2, 0.25) is 0 Å². The third-order valence-electron chi connectivity index (χ3n) is 2.05. The van der Waals surface area contributed by atoms with Crippen molar-refractivity contribution in [2.75, 3.05) is 11.9 Å². The van der Waals surface area contributed by atoms with Crippen LogP contribution in [0.5, 0.6) is 0 Å². The van der Waals surface area contributed by atoms with Crippen LogP contribution in [0.1, 0.15) is 13.8 Å². The molecule has 0 saturated heterocycles. The zero-order valence-corrected chi connectivity index (χ0v) is 12.2. The van der Waals surface area contributed by atoms with Gasteiger partial charge in [-0.05, 0) is 42.5 Å². The van der Waals surface area contributed by atoms with E-state index in [9.17, 15) is 14.9 Å². The SMILES string of the molecule is CC(C)NC(=O)CNc1ccc([N+](=O)[O-])cc1I. The van der Waals surface area contributed by atoms with Crippen molar-refractivity contribution in [1.29, 1.82) is 0 Å². The van der Waals surface area contributed by atoms with Crippen LogP contribution < -0.4 is 10.6 Å². The molecule has 0 aliphatic carbocycles. The Hall–Kier alpha value is -1.38. The molecule has 0 unspecified atom stereocenters. The van der Waals surface area contributed by atoms with Gasteiger partial charge in [0, 0.05) is 27.4 Å². The topological polar surface area (TPSA) is 84.3 Å². The summed E-state index contributed by atoms with van der Waals surface area (Å²) >= 11 is 1.99. The van der Waals surface area contributed by atoms with E-state index in [1.165, 1.54) is 12.1 Å². The predicted octanol–water partition coefficient (Wildman–Crippen LogP) is 2.14. The summed E-state index contributed by atoms with van der Waals surface area (Å²) in [6, 6.07) is 4.56. The third-order valence-corrected chi connectivity index (χ3v) is 2.95. The lowest BCUT2D eigenvalue weighted by Gasteiger charge is -2.11. The van der Waals surface area contributed by atoms with Gasteiger partial charge in [0.25, 0.3) is 5.69 Å². The molecule has 0 fully saturated rings. The van der Waals surface area contributed by atoms with Gasteiger partial charge in [-0.15, -0.1) is 0 Å². The van der Waals surface area contributed by atoms with E-state index in [1.54, 1.807) is 6.07 Å². The Morgan fingerprint density at radius 1 is 1.50 bits per heavy atom. The fraction of sp³-hybridized carbons (Fsp3) is 0.364. The lowest BCUT2D eigenvalue weighted by Crippen LogP contribution is -2.34. The van der Waals surface area contributed by atoms with Crippen LogP contribution in [0.4, 0.5) is 11.4 Å². The molecular weight excluding hydrogens is 349 g/mol. The van der Waals surface area contributed by atoms with E-state index in [2.05, 4.69) is 10.6 Å². The average Bonchev–Trinajstić information content (AvgIpc) is 2.26. The van der Waals surface area contributed by atoms with E-state index in [4.69, 9.17) is 0 Å². The molecule has 1 amide bonds. The molecule has 0 bridgehead atoms. The summed E-state index contributed by atoms with van der Waals surface area (Å²) in [7, 11) is 0. The number of halogens is 1. The second-order valence-corrected chi connectivity index (χ2v) is 5.16. The van der Waals surface area contributed by atoms with Gasteiger partial charge in [0.15, 0.2) is 0 Å². The summed E-state index contributed by atoms with van der Waals surface area (Å²) in [6.07, 6.45) is 0. The highest BCUT2D eigenvalue weighted by Gasteiger charge is 2.10. The van der Waals surface area contributed by atoms with Gasteiger partial charge in [-0.3, -0.25) is 14.9 Å². The lowest BCUT2D eigenvalue weighted by atomic mass is 10.3.